The quantitative estimate of drug-likeness (QED) is 0.306. The van der Waals surface area contributed by atoms with Crippen LogP contribution in [-0.4, -0.2) is 80.8 Å². The van der Waals surface area contributed by atoms with Crippen molar-refractivity contribution in [1.82, 2.24) is 19.4 Å². The smallest absolute Gasteiger partial charge is 0.283 e. The van der Waals surface area contributed by atoms with Crippen molar-refractivity contribution in [2.24, 2.45) is 0 Å². The molecular formula is C36H36F2N6O5. The fourth-order valence-electron chi connectivity index (χ4n) is 7.39. The van der Waals surface area contributed by atoms with Crippen molar-refractivity contribution in [3.63, 3.8) is 0 Å². The summed E-state index contributed by atoms with van der Waals surface area (Å²) in [5, 5.41) is 10.9. The normalized spacial score (nSPS) is 20.6. The molecule has 3 atom stereocenters. The molecule has 0 bridgehead atoms. The molecular weight excluding hydrogens is 634 g/mol. The number of hydrogen-bond donors (Lipinski definition) is 1. The molecule has 11 nitrogen and oxygen atoms in total. The molecule has 4 aromatic rings. The molecule has 3 aromatic heterocycles. The summed E-state index contributed by atoms with van der Waals surface area (Å²) in [6.07, 6.45) is 3.30. The summed E-state index contributed by atoms with van der Waals surface area (Å²) in [4.78, 5) is 56.7. The van der Waals surface area contributed by atoms with Gasteiger partial charge in [0.2, 0.25) is 5.91 Å². The predicted molar refractivity (Wildman–Crippen MR) is 180 cm³/mol. The zero-order valence-corrected chi connectivity index (χ0v) is 27.6. The van der Waals surface area contributed by atoms with Crippen LogP contribution in [0.4, 0.5) is 20.2 Å². The van der Waals surface area contributed by atoms with Crippen LogP contribution in [0.15, 0.2) is 54.0 Å². The van der Waals surface area contributed by atoms with Gasteiger partial charge >= 0.3 is 0 Å². The van der Waals surface area contributed by atoms with Crippen LogP contribution in [-0.2, 0) is 14.3 Å². The van der Waals surface area contributed by atoms with E-state index in [1.165, 1.54) is 33.7 Å². The highest BCUT2D eigenvalue weighted by Crippen LogP contribution is 2.45. The Morgan fingerprint density at radius 3 is 2.57 bits per heavy atom. The Labute approximate surface area is 281 Å². The Morgan fingerprint density at radius 2 is 1.90 bits per heavy atom. The molecule has 0 spiro atoms. The van der Waals surface area contributed by atoms with Crippen molar-refractivity contribution in [1.29, 1.82) is 0 Å². The lowest BCUT2D eigenvalue weighted by Crippen LogP contribution is -2.68. The molecule has 2 fully saturated rings. The molecule has 3 aliphatic rings. The van der Waals surface area contributed by atoms with Crippen LogP contribution in [0.3, 0.4) is 0 Å². The maximum atomic E-state index is 16.4. The van der Waals surface area contributed by atoms with Crippen molar-refractivity contribution in [3.8, 4) is 22.7 Å². The van der Waals surface area contributed by atoms with Gasteiger partial charge in [-0.15, -0.1) is 0 Å². The Morgan fingerprint density at radius 1 is 1.12 bits per heavy atom. The molecule has 254 valence electrons. The highest BCUT2D eigenvalue weighted by Gasteiger charge is 2.49. The number of piperazine rings is 1. The first-order valence-corrected chi connectivity index (χ1v) is 16.3. The number of carbonyl (C=O) groups excluding carboxylic acids is 2. The molecule has 2 saturated heterocycles. The van der Waals surface area contributed by atoms with Gasteiger partial charge in [-0.3, -0.25) is 28.8 Å². The lowest BCUT2D eigenvalue weighted by Gasteiger charge is -2.51. The van der Waals surface area contributed by atoms with Crippen LogP contribution in [0, 0.1) is 18.6 Å². The standard InChI is InChI=1S/C36H36F2N6O5/c1-6-27(46)41-16-25-35(47)43(21-11-13-49-17-21)33-32(42(25)15-20(41)5)22-14-24(38)30(28-23(37)8-7-9-26(28)45)40-34(22)44(36(33)48)31-19(4)10-12-39-29(31)18(2)3/h6-10,12,14,18,20-21,25,45H,1,11,13,15-17H2,2-5H3. The number of fused-ring (bicyclic) bond motifs is 5. The molecule has 49 heavy (non-hydrogen) atoms. The first-order valence-electron chi connectivity index (χ1n) is 16.3. The van der Waals surface area contributed by atoms with E-state index in [2.05, 4.69) is 16.5 Å². The second-order valence-electron chi connectivity index (χ2n) is 13.1. The van der Waals surface area contributed by atoms with Crippen LogP contribution in [0.25, 0.3) is 28.0 Å². The van der Waals surface area contributed by atoms with Crippen molar-refractivity contribution < 1.29 is 28.2 Å². The van der Waals surface area contributed by atoms with Gasteiger partial charge in [-0.25, -0.2) is 13.8 Å². The third-order valence-electron chi connectivity index (χ3n) is 9.72. The molecule has 13 heteroatoms. The SMILES string of the molecule is C=CC(=O)N1CC2C(=O)N(C3CCOC3)c3c(c4cc(F)c(-c5c(O)cccc5F)nc4n(-c4c(C)ccnc4C(C)C)c3=O)N2CC1C. The van der Waals surface area contributed by atoms with Crippen molar-refractivity contribution in [2.45, 2.75) is 58.2 Å². The van der Waals surface area contributed by atoms with E-state index in [0.717, 1.165) is 6.07 Å². The molecule has 6 heterocycles. The topological polar surface area (TPSA) is 121 Å². The Balaban J connectivity index is 1.63. The molecule has 1 aromatic carbocycles. The summed E-state index contributed by atoms with van der Waals surface area (Å²) in [7, 11) is 0. The van der Waals surface area contributed by atoms with Gasteiger partial charge in [0.1, 0.15) is 29.0 Å². The van der Waals surface area contributed by atoms with E-state index in [-0.39, 0.29) is 59.8 Å². The van der Waals surface area contributed by atoms with Gasteiger partial charge in [0.15, 0.2) is 11.5 Å². The lowest BCUT2D eigenvalue weighted by atomic mass is 9.96. The molecule has 7 rings (SSSR count). The Hall–Kier alpha value is -5.17. The zero-order valence-electron chi connectivity index (χ0n) is 27.6. The van der Waals surface area contributed by atoms with Gasteiger partial charge in [0.05, 0.1) is 41.8 Å². The number of rotatable bonds is 5. The Kier molecular flexibility index (Phi) is 7.97. The number of phenolic OH excluding ortho intramolecular Hbond substituents is 1. The minimum atomic E-state index is -0.940. The van der Waals surface area contributed by atoms with Crippen molar-refractivity contribution >= 4 is 34.2 Å². The molecule has 3 unspecified atom stereocenters. The number of halogens is 2. The van der Waals surface area contributed by atoms with E-state index in [1.807, 2.05) is 27.7 Å². The average molecular weight is 671 g/mol. The van der Waals surface area contributed by atoms with Crippen LogP contribution in [0.2, 0.25) is 0 Å². The summed E-state index contributed by atoms with van der Waals surface area (Å²) in [6, 6.07) is 4.74. The maximum Gasteiger partial charge on any atom is 0.283 e. The molecule has 0 saturated carbocycles. The summed E-state index contributed by atoms with van der Waals surface area (Å²) in [5.41, 5.74) is 0.430. The van der Waals surface area contributed by atoms with E-state index < -0.39 is 52.3 Å². The number of ether oxygens (including phenoxy) is 1. The largest absolute Gasteiger partial charge is 0.507 e. The van der Waals surface area contributed by atoms with E-state index in [4.69, 9.17) is 4.74 Å². The maximum absolute atomic E-state index is 16.4. The summed E-state index contributed by atoms with van der Waals surface area (Å²) >= 11 is 0. The van der Waals surface area contributed by atoms with Gasteiger partial charge in [-0.1, -0.05) is 26.5 Å². The highest BCUT2D eigenvalue weighted by atomic mass is 19.1. The Bertz CT molecular complexity index is 2090. The zero-order chi connectivity index (χ0) is 34.9. The second kappa shape index (κ2) is 12.1. The first-order chi connectivity index (χ1) is 23.4. The molecule has 1 N–H and O–H groups in total. The number of amides is 2. The van der Waals surface area contributed by atoms with Gasteiger partial charge < -0.3 is 19.6 Å². The molecule has 2 amide bonds. The van der Waals surface area contributed by atoms with E-state index in [0.29, 0.717) is 30.0 Å². The van der Waals surface area contributed by atoms with Crippen LogP contribution >= 0.6 is 0 Å². The average Bonchev–Trinajstić information content (AvgIpc) is 3.60. The minimum Gasteiger partial charge on any atom is -0.507 e. The van der Waals surface area contributed by atoms with E-state index in [1.54, 1.807) is 22.1 Å². The molecule has 3 aliphatic heterocycles. The van der Waals surface area contributed by atoms with Crippen LogP contribution in [0.5, 0.6) is 5.75 Å². The van der Waals surface area contributed by atoms with Crippen LogP contribution < -0.4 is 15.4 Å². The van der Waals surface area contributed by atoms with Gasteiger partial charge in [0, 0.05) is 30.8 Å². The third-order valence-corrected chi connectivity index (χ3v) is 9.72. The first kappa shape index (κ1) is 32.4. The van der Waals surface area contributed by atoms with Crippen molar-refractivity contribution in [3.05, 3.63) is 82.4 Å². The number of anilines is 2. The fourth-order valence-corrected chi connectivity index (χ4v) is 7.39. The van der Waals surface area contributed by atoms with Gasteiger partial charge in [-0.2, -0.15) is 0 Å². The number of carbonyl (C=O) groups is 2. The number of phenols is 1. The number of hydrogen-bond acceptors (Lipinski definition) is 8. The van der Waals surface area contributed by atoms with E-state index >= 15 is 13.6 Å². The number of aromatic nitrogens is 3. The highest BCUT2D eigenvalue weighted by molar-refractivity contribution is 6.12. The number of pyridine rings is 3. The van der Waals surface area contributed by atoms with Gasteiger partial charge in [-0.05, 0) is 62.1 Å². The molecule has 0 aliphatic carbocycles. The monoisotopic (exact) mass is 670 g/mol. The number of aromatic hydroxyl groups is 1. The van der Waals surface area contributed by atoms with Gasteiger partial charge in [0.25, 0.3) is 11.5 Å². The number of aryl methyl sites for hydroxylation is 1. The predicted octanol–water partition coefficient (Wildman–Crippen LogP) is 4.59. The summed E-state index contributed by atoms with van der Waals surface area (Å²) in [6.45, 7) is 11.8. The van der Waals surface area contributed by atoms with Crippen molar-refractivity contribution in [2.75, 3.05) is 36.1 Å². The van der Waals surface area contributed by atoms with E-state index in [9.17, 15) is 14.7 Å². The van der Waals surface area contributed by atoms with Crippen LogP contribution in [0.1, 0.15) is 44.4 Å². The lowest BCUT2D eigenvalue weighted by molar-refractivity contribution is -0.130. The molecule has 0 radical (unpaired) electrons. The minimum absolute atomic E-state index is 0.00576. The summed E-state index contributed by atoms with van der Waals surface area (Å²) < 4.78 is 38.7. The fraction of sp³-hybridized carbons (Fsp3) is 0.361. The third kappa shape index (κ3) is 4.97. The number of benzene rings is 1. The summed E-state index contributed by atoms with van der Waals surface area (Å²) in [5.74, 6) is -3.24. The second-order valence-corrected chi connectivity index (χ2v) is 13.1. The number of nitrogens with zero attached hydrogens (tertiary/aromatic N) is 6.